The first kappa shape index (κ1) is 17.5. The van der Waals surface area contributed by atoms with E-state index in [4.69, 9.17) is 16.3 Å². The Morgan fingerprint density at radius 1 is 1.35 bits per heavy atom. The molecule has 2 rings (SSSR count). The highest BCUT2D eigenvalue weighted by atomic mass is 35.5. The molecular weight excluding hydrogens is 314 g/mol. The Morgan fingerprint density at radius 3 is 2.65 bits per heavy atom. The van der Waals surface area contributed by atoms with E-state index in [-0.39, 0.29) is 18.6 Å². The summed E-state index contributed by atoms with van der Waals surface area (Å²) in [4.78, 5) is 12.1. The lowest BCUT2D eigenvalue weighted by Crippen LogP contribution is -2.19. The van der Waals surface area contributed by atoms with Crippen molar-refractivity contribution in [1.29, 1.82) is 0 Å². The van der Waals surface area contributed by atoms with E-state index in [0.29, 0.717) is 11.6 Å². The van der Waals surface area contributed by atoms with Crippen molar-refractivity contribution in [2.24, 2.45) is 0 Å². The summed E-state index contributed by atoms with van der Waals surface area (Å²) in [6, 6.07) is 7.67. The number of ether oxygens (including phenoxy) is 1. The number of aromatic nitrogens is 2. The zero-order valence-electron chi connectivity index (χ0n) is 13.9. The largest absolute Gasteiger partial charge is 0.367 e. The number of nitrogens with one attached hydrogen (secondary N) is 1. The van der Waals surface area contributed by atoms with Gasteiger partial charge in [0.1, 0.15) is 6.61 Å². The number of carbonyl (C=O) groups excluding carboxylic acids is 1. The van der Waals surface area contributed by atoms with Crippen molar-refractivity contribution in [2.45, 2.75) is 40.3 Å². The van der Waals surface area contributed by atoms with E-state index in [0.717, 1.165) is 22.6 Å². The Morgan fingerprint density at radius 2 is 2.04 bits per heavy atom. The van der Waals surface area contributed by atoms with Crippen LogP contribution in [-0.2, 0) is 16.1 Å². The molecule has 0 aliphatic carbocycles. The second-order valence-corrected chi connectivity index (χ2v) is 6.12. The van der Waals surface area contributed by atoms with Gasteiger partial charge in [-0.05, 0) is 39.3 Å². The number of aryl methyl sites for hydroxylation is 1. The molecule has 23 heavy (non-hydrogen) atoms. The summed E-state index contributed by atoms with van der Waals surface area (Å²) >= 11 is 6.05. The van der Waals surface area contributed by atoms with E-state index in [1.54, 1.807) is 6.07 Å². The van der Waals surface area contributed by atoms with Crippen molar-refractivity contribution in [2.75, 3.05) is 11.9 Å². The predicted octanol–water partition coefficient (Wildman–Crippen LogP) is 3.89. The van der Waals surface area contributed by atoms with Gasteiger partial charge in [-0.2, -0.15) is 5.10 Å². The third kappa shape index (κ3) is 4.33. The SMILES string of the molecule is Cc1nn(C(C)C)c(C)c1NC(=O)COCc1ccccc1Cl. The fourth-order valence-corrected chi connectivity index (χ4v) is 2.58. The lowest BCUT2D eigenvalue weighted by Gasteiger charge is -2.10. The number of hydrogen-bond donors (Lipinski definition) is 1. The van der Waals surface area contributed by atoms with E-state index < -0.39 is 0 Å². The summed E-state index contributed by atoms with van der Waals surface area (Å²) in [5, 5.41) is 7.96. The highest BCUT2D eigenvalue weighted by molar-refractivity contribution is 6.31. The van der Waals surface area contributed by atoms with Crippen LogP contribution in [0.2, 0.25) is 5.02 Å². The number of rotatable bonds is 6. The predicted molar refractivity (Wildman–Crippen MR) is 91.8 cm³/mol. The van der Waals surface area contributed by atoms with Gasteiger partial charge in [-0.3, -0.25) is 9.48 Å². The van der Waals surface area contributed by atoms with Gasteiger partial charge in [-0.1, -0.05) is 29.8 Å². The van der Waals surface area contributed by atoms with Crippen LogP contribution >= 0.6 is 11.6 Å². The first-order chi connectivity index (χ1) is 10.9. The van der Waals surface area contributed by atoms with E-state index in [1.807, 2.05) is 36.7 Å². The van der Waals surface area contributed by atoms with Gasteiger partial charge in [0.05, 0.1) is 23.7 Å². The fraction of sp³-hybridized carbons (Fsp3) is 0.412. The molecule has 0 atom stereocenters. The Hall–Kier alpha value is -1.85. The molecule has 1 aromatic heterocycles. The average Bonchev–Trinajstić information content (AvgIpc) is 2.77. The van der Waals surface area contributed by atoms with Crippen LogP contribution in [0.3, 0.4) is 0 Å². The first-order valence-electron chi connectivity index (χ1n) is 7.57. The van der Waals surface area contributed by atoms with E-state index >= 15 is 0 Å². The number of benzene rings is 1. The Kier molecular flexibility index (Phi) is 5.80. The van der Waals surface area contributed by atoms with Crippen molar-refractivity contribution in [3.63, 3.8) is 0 Å². The normalized spacial score (nSPS) is 11.0. The molecule has 0 spiro atoms. The quantitative estimate of drug-likeness (QED) is 0.871. The molecule has 1 N–H and O–H groups in total. The van der Waals surface area contributed by atoms with Crippen molar-refractivity contribution in [1.82, 2.24) is 9.78 Å². The molecule has 5 nitrogen and oxygen atoms in total. The van der Waals surface area contributed by atoms with Crippen LogP contribution in [0, 0.1) is 13.8 Å². The lowest BCUT2D eigenvalue weighted by atomic mass is 10.2. The summed E-state index contributed by atoms with van der Waals surface area (Å²) in [5.41, 5.74) is 3.36. The Bertz CT molecular complexity index is 695. The zero-order chi connectivity index (χ0) is 17.0. The van der Waals surface area contributed by atoms with Gasteiger partial charge in [0.2, 0.25) is 5.91 Å². The maximum Gasteiger partial charge on any atom is 0.250 e. The minimum atomic E-state index is -0.202. The molecule has 0 aliphatic heterocycles. The molecule has 6 heteroatoms. The van der Waals surface area contributed by atoms with Gasteiger partial charge >= 0.3 is 0 Å². The molecule has 0 radical (unpaired) electrons. The molecular formula is C17H22ClN3O2. The van der Waals surface area contributed by atoms with Crippen molar-refractivity contribution < 1.29 is 9.53 Å². The minimum Gasteiger partial charge on any atom is -0.367 e. The standard InChI is InChI=1S/C17H22ClN3O2/c1-11(2)21-13(4)17(12(3)20-21)19-16(22)10-23-9-14-7-5-6-8-15(14)18/h5-8,11H,9-10H2,1-4H3,(H,19,22). The average molecular weight is 336 g/mol. The van der Waals surface area contributed by atoms with Gasteiger partial charge in [0, 0.05) is 11.1 Å². The lowest BCUT2D eigenvalue weighted by molar-refractivity contribution is -0.121. The maximum atomic E-state index is 12.1. The summed E-state index contributed by atoms with van der Waals surface area (Å²) in [5.74, 6) is -0.202. The number of nitrogens with zero attached hydrogens (tertiary/aromatic N) is 2. The molecule has 0 bridgehead atoms. The van der Waals surface area contributed by atoms with Crippen LogP contribution < -0.4 is 5.32 Å². The van der Waals surface area contributed by atoms with E-state index in [9.17, 15) is 4.79 Å². The molecule has 1 heterocycles. The number of amides is 1. The van der Waals surface area contributed by atoms with Crippen LogP contribution in [0.1, 0.15) is 36.8 Å². The first-order valence-corrected chi connectivity index (χ1v) is 7.94. The highest BCUT2D eigenvalue weighted by Gasteiger charge is 2.15. The molecule has 0 unspecified atom stereocenters. The van der Waals surface area contributed by atoms with Crippen LogP contribution in [-0.4, -0.2) is 22.3 Å². The van der Waals surface area contributed by atoms with Gasteiger partial charge in [-0.25, -0.2) is 0 Å². The maximum absolute atomic E-state index is 12.1. The smallest absolute Gasteiger partial charge is 0.250 e. The summed E-state index contributed by atoms with van der Waals surface area (Å²) < 4.78 is 7.34. The summed E-state index contributed by atoms with van der Waals surface area (Å²) in [6.07, 6.45) is 0. The van der Waals surface area contributed by atoms with Crippen molar-refractivity contribution >= 4 is 23.2 Å². The number of carbonyl (C=O) groups is 1. The van der Waals surface area contributed by atoms with Crippen LogP contribution in [0.4, 0.5) is 5.69 Å². The Labute approximate surface area is 141 Å². The van der Waals surface area contributed by atoms with Crippen molar-refractivity contribution in [3.8, 4) is 0 Å². The van der Waals surface area contributed by atoms with Crippen molar-refractivity contribution in [3.05, 3.63) is 46.2 Å². The zero-order valence-corrected chi connectivity index (χ0v) is 14.6. The number of anilines is 1. The van der Waals surface area contributed by atoms with Gasteiger partial charge in [0.25, 0.3) is 0 Å². The topological polar surface area (TPSA) is 56.2 Å². The van der Waals surface area contributed by atoms with Gasteiger partial charge < -0.3 is 10.1 Å². The molecule has 0 aliphatic rings. The van der Waals surface area contributed by atoms with Crippen LogP contribution in [0.5, 0.6) is 0 Å². The monoisotopic (exact) mass is 335 g/mol. The molecule has 1 amide bonds. The third-order valence-electron chi connectivity index (χ3n) is 3.53. The Balaban J connectivity index is 1.92. The molecule has 1 aromatic carbocycles. The van der Waals surface area contributed by atoms with Crippen LogP contribution in [0.15, 0.2) is 24.3 Å². The molecule has 2 aromatic rings. The van der Waals surface area contributed by atoms with Gasteiger partial charge in [0.15, 0.2) is 0 Å². The molecule has 0 saturated carbocycles. The number of hydrogen-bond acceptors (Lipinski definition) is 3. The summed E-state index contributed by atoms with van der Waals surface area (Å²) in [6.45, 7) is 8.20. The van der Waals surface area contributed by atoms with E-state index in [2.05, 4.69) is 24.3 Å². The van der Waals surface area contributed by atoms with Gasteiger partial charge in [-0.15, -0.1) is 0 Å². The molecule has 124 valence electrons. The molecule has 0 fully saturated rings. The third-order valence-corrected chi connectivity index (χ3v) is 3.90. The van der Waals surface area contributed by atoms with Crippen LogP contribution in [0.25, 0.3) is 0 Å². The highest BCUT2D eigenvalue weighted by Crippen LogP contribution is 2.22. The second-order valence-electron chi connectivity index (χ2n) is 5.72. The molecule has 0 saturated heterocycles. The summed E-state index contributed by atoms with van der Waals surface area (Å²) in [7, 11) is 0. The number of halogens is 1. The second kappa shape index (κ2) is 7.62. The fourth-order valence-electron chi connectivity index (χ4n) is 2.39. The minimum absolute atomic E-state index is 0.0308. The van der Waals surface area contributed by atoms with E-state index in [1.165, 1.54) is 0 Å².